The zero-order chi connectivity index (χ0) is 13.0. The van der Waals surface area contributed by atoms with E-state index in [9.17, 15) is 0 Å². The van der Waals surface area contributed by atoms with Gasteiger partial charge in [-0.25, -0.2) is 0 Å². The van der Waals surface area contributed by atoms with Crippen LogP contribution in [-0.2, 0) is 0 Å². The Hall–Kier alpha value is -1.49. The number of nitrogens with zero attached hydrogens (tertiary/aromatic N) is 2. The summed E-state index contributed by atoms with van der Waals surface area (Å²) < 4.78 is 0. The molecule has 0 aromatic heterocycles. The maximum Gasteiger partial charge on any atom is 0.0624 e. The van der Waals surface area contributed by atoms with Crippen LogP contribution in [0.2, 0.25) is 0 Å². The second kappa shape index (κ2) is 5.91. The third-order valence-corrected chi connectivity index (χ3v) is 3.92. The molecular formula is C16H22N2. The Morgan fingerprint density at radius 1 is 1.22 bits per heavy atom. The summed E-state index contributed by atoms with van der Waals surface area (Å²) in [5.41, 5.74) is 2.73. The lowest BCUT2D eigenvalue weighted by molar-refractivity contribution is 0.413. The minimum Gasteiger partial charge on any atom is -0.372 e. The van der Waals surface area contributed by atoms with E-state index < -0.39 is 0 Å². The molecule has 2 nitrogen and oxygen atoms in total. The molecule has 0 spiro atoms. The average molecular weight is 242 g/mol. The summed E-state index contributed by atoms with van der Waals surface area (Å²) in [6.45, 7) is 6.63. The molecule has 2 rings (SSSR count). The highest BCUT2D eigenvalue weighted by Gasteiger charge is 2.19. The topological polar surface area (TPSA) is 27.0 Å². The highest BCUT2D eigenvalue weighted by Crippen LogP contribution is 2.26. The van der Waals surface area contributed by atoms with Gasteiger partial charge >= 0.3 is 0 Å². The summed E-state index contributed by atoms with van der Waals surface area (Å²) in [5, 5.41) is 8.72. The molecule has 1 aliphatic rings. The van der Waals surface area contributed by atoms with Crippen molar-refractivity contribution in [2.24, 2.45) is 5.92 Å². The largest absolute Gasteiger partial charge is 0.372 e. The van der Waals surface area contributed by atoms with E-state index in [4.69, 9.17) is 5.26 Å². The van der Waals surface area contributed by atoms with Crippen molar-refractivity contribution in [1.82, 2.24) is 0 Å². The molecule has 0 aliphatic carbocycles. The van der Waals surface area contributed by atoms with Crippen molar-refractivity contribution < 1.29 is 0 Å². The highest BCUT2D eigenvalue weighted by atomic mass is 15.1. The summed E-state index contributed by atoms with van der Waals surface area (Å²) in [6.07, 6.45) is 3.03. The van der Waals surface area contributed by atoms with Gasteiger partial charge in [0.25, 0.3) is 0 Å². The Morgan fingerprint density at radius 3 is 2.33 bits per heavy atom. The van der Waals surface area contributed by atoms with Crippen molar-refractivity contribution in [3.05, 3.63) is 29.8 Å². The van der Waals surface area contributed by atoms with E-state index in [2.05, 4.69) is 49.1 Å². The Bertz CT molecular complexity index is 406. The number of rotatable bonds is 3. The van der Waals surface area contributed by atoms with Crippen LogP contribution >= 0.6 is 0 Å². The molecule has 1 fully saturated rings. The number of hydrogen-bond donors (Lipinski definition) is 0. The van der Waals surface area contributed by atoms with Crippen LogP contribution in [0.25, 0.3) is 0 Å². The average Bonchev–Trinajstić information content (AvgIpc) is 2.40. The van der Waals surface area contributed by atoms with Crippen molar-refractivity contribution in [2.75, 3.05) is 18.0 Å². The van der Waals surface area contributed by atoms with Crippen molar-refractivity contribution in [3.8, 4) is 6.07 Å². The van der Waals surface area contributed by atoms with Crippen LogP contribution in [0.3, 0.4) is 0 Å². The number of nitriles is 1. The van der Waals surface area contributed by atoms with Crippen LogP contribution in [0.15, 0.2) is 24.3 Å². The lowest BCUT2D eigenvalue weighted by atomic mass is 9.93. The van der Waals surface area contributed by atoms with Crippen LogP contribution in [0.4, 0.5) is 5.69 Å². The van der Waals surface area contributed by atoms with E-state index in [-0.39, 0.29) is 0 Å². The van der Waals surface area contributed by atoms with E-state index in [0.717, 1.165) is 32.4 Å². The highest BCUT2D eigenvalue weighted by molar-refractivity contribution is 5.48. The summed E-state index contributed by atoms with van der Waals surface area (Å²) >= 11 is 0. The third-order valence-electron chi connectivity index (χ3n) is 3.92. The zero-order valence-corrected chi connectivity index (χ0v) is 11.4. The summed E-state index contributed by atoms with van der Waals surface area (Å²) in [7, 11) is 0. The standard InChI is InChI=1S/C16H22N2/c1-13(2)15-3-5-16(6-4-15)18-11-8-14(7-10-17)9-12-18/h3-6,13-14H,7-9,11-12H2,1-2H3. The second-order valence-corrected chi connectivity index (χ2v) is 5.54. The fraction of sp³-hybridized carbons (Fsp3) is 0.562. The molecule has 0 N–H and O–H groups in total. The predicted molar refractivity (Wildman–Crippen MR) is 75.7 cm³/mol. The fourth-order valence-electron chi connectivity index (χ4n) is 2.59. The van der Waals surface area contributed by atoms with Gasteiger partial charge in [0.15, 0.2) is 0 Å². The van der Waals surface area contributed by atoms with E-state index in [1.54, 1.807) is 0 Å². The number of benzene rings is 1. The van der Waals surface area contributed by atoms with E-state index in [0.29, 0.717) is 11.8 Å². The van der Waals surface area contributed by atoms with E-state index >= 15 is 0 Å². The van der Waals surface area contributed by atoms with Gasteiger partial charge in [0, 0.05) is 25.2 Å². The maximum absolute atomic E-state index is 8.72. The molecule has 0 atom stereocenters. The van der Waals surface area contributed by atoms with Gasteiger partial charge in [0.1, 0.15) is 0 Å². The Kier molecular flexibility index (Phi) is 4.25. The van der Waals surface area contributed by atoms with Crippen LogP contribution in [0.5, 0.6) is 0 Å². The molecule has 2 heteroatoms. The Labute approximate surface area is 110 Å². The van der Waals surface area contributed by atoms with Crippen LogP contribution in [0, 0.1) is 17.2 Å². The molecule has 0 radical (unpaired) electrons. The Morgan fingerprint density at radius 2 is 1.83 bits per heavy atom. The monoisotopic (exact) mass is 242 g/mol. The predicted octanol–water partition coefficient (Wildman–Crippen LogP) is 3.94. The number of hydrogen-bond acceptors (Lipinski definition) is 2. The normalized spacial score (nSPS) is 16.9. The van der Waals surface area contributed by atoms with Crippen LogP contribution < -0.4 is 4.90 Å². The van der Waals surface area contributed by atoms with Crippen molar-refractivity contribution in [3.63, 3.8) is 0 Å². The molecular weight excluding hydrogens is 220 g/mol. The lowest BCUT2D eigenvalue weighted by Gasteiger charge is -2.33. The first-order valence-electron chi connectivity index (χ1n) is 6.92. The van der Waals surface area contributed by atoms with Gasteiger partial charge in [-0.05, 0) is 42.4 Å². The third kappa shape index (κ3) is 3.04. The van der Waals surface area contributed by atoms with Gasteiger partial charge in [-0.1, -0.05) is 26.0 Å². The molecule has 0 bridgehead atoms. The molecule has 1 heterocycles. The molecule has 18 heavy (non-hydrogen) atoms. The minimum atomic E-state index is 0.598. The molecule has 1 aromatic rings. The maximum atomic E-state index is 8.72. The summed E-state index contributed by atoms with van der Waals surface area (Å²) in [4.78, 5) is 2.44. The van der Waals surface area contributed by atoms with Gasteiger partial charge in [0.2, 0.25) is 0 Å². The van der Waals surface area contributed by atoms with Gasteiger partial charge in [-0.2, -0.15) is 5.26 Å². The Balaban J connectivity index is 1.95. The first-order chi connectivity index (χ1) is 8.70. The quantitative estimate of drug-likeness (QED) is 0.802. The van der Waals surface area contributed by atoms with Crippen molar-refractivity contribution in [2.45, 2.75) is 39.0 Å². The summed E-state index contributed by atoms with van der Waals surface area (Å²) in [5.74, 6) is 1.21. The summed E-state index contributed by atoms with van der Waals surface area (Å²) in [6, 6.07) is 11.2. The molecule has 1 aromatic carbocycles. The number of piperidine rings is 1. The smallest absolute Gasteiger partial charge is 0.0624 e. The first kappa shape index (κ1) is 13.0. The lowest BCUT2D eigenvalue weighted by Crippen LogP contribution is -2.33. The molecule has 0 saturated carbocycles. The van der Waals surface area contributed by atoms with Crippen molar-refractivity contribution in [1.29, 1.82) is 5.26 Å². The second-order valence-electron chi connectivity index (χ2n) is 5.54. The van der Waals surface area contributed by atoms with E-state index in [1.165, 1.54) is 11.3 Å². The van der Waals surface area contributed by atoms with Crippen molar-refractivity contribution >= 4 is 5.69 Å². The number of anilines is 1. The molecule has 0 amide bonds. The fourth-order valence-corrected chi connectivity index (χ4v) is 2.59. The molecule has 1 saturated heterocycles. The van der Waals surface area contributed by atoms with E-state index in [1.807, 2.05) is 0 Å². The van der Waals surface area contributed by atoms with Gasteiger partial charge in [-0.15, -0.1) is 0 Å². The van der Waals surface area contributed by atoms with Gasteiger partial charge in [0.05, 0.1) is 6.07 Å². The van der Waals surface area contributed by atoms with Crippen LogP contribution in [-0.4, -0.2) is 13.1 Å². The first-order valence-corrected chi connectivity index (χ1v) is 6.92. The molecule has 1 aliphatic heterocycles. The zero-order valence-electron chi connectivity index (χ0n) is 11.4. The minimum absolute atomic E-state index is 0.598. The molecule has 96 valence electrons. The van der Waals surface area contributed by atoms with Gasteiger partial charge in [-0.3, -0.25) is 0 Å². The van der Waals surface area contributed by atoms with Crippen LogP contribution in [0.1, 0.15) is 44.6 Å². The molecule has 0 unspecified atom stereocenters. The SMILES string of the molecule is CC(C)c1ccc(N2CCC(CC#N)CC2)cc1. The van der Waals surface area contributed by atoms with Gasteiger partial charge < -0.3 is 4.90 Å².